The first-order chi connectivity index (χ1) is 13.9. The topological polar surface area (TPSA) is 67.2 Å². The molecule has 1 fully saturated rings. The van der Waals surface area contributed by atoms with Gasteiger partial charge in [-0.05, 0) is 69.1 Å². The van der Waals surface area contributed by atoms with Gasteiger partial charge in [0.1, 0.15) is 0 Å². The molecule has 0 saturated carbocycles. The van der Waals surface area contributed by atoms with E-state index in [0.29, 0.717) is 17.4 Å². The molecule has 1 N–H and O–H groups in total. The summed E-state index contributed by atoms with van der Waals surface area (Å²) in [6, 6.07) is 6.00. The number of anilines is 1. The molecule has 1 atom stereocenters. The lowest BCUT2D eigenvalue weighted by molar-refractivity contribution is 0.0664. The lowest BCUT2D eigenvalue weighted by Gasteiger charge is -2.31. The van der Waals surface area contributed by atoms with Crippen LogP contribution in [-0.2, 0) is 13.0 Å². The first-order valence-electron chi connectivity index (χ1n) is 10.7. The zero-order valence-corrected chi connectivity index (χ0v) is 17.6. The van der Waals surface area contributed by atoms with Gasteiger partial charge in [0.25, 0.3) is 11.8 Å². The molecule has 1 unspecified atom stereocenters. The number of carbonyl (C=O) groups excluding carboxylic acids is 2. The van der Waals surface area contributed by atoms with Gasteiger partial charge in [-0.3, -0.25) is 9.59 Å². The maximum Gasteiger partial charge on any atom is 0.289 e. The fourth-order valence-corrected chi connectivity index (χ4v) is 4.46. The van der Waals surface area contributed by atoms with Gasteiger partial charge in [0.05, 0.1) is 5.69 Å². The largest absolute Gasteiger partial charge is 0.336 e. The van der Waals surface area contributed by atoms with Gasteiger partial charge in [-0.1, -0.05) is 19.1 Å². The van der Waals surface area contributed by atoms with E-state index in [2.05, 4.69) is 17.2 Å². The summed E-state index contributed by atoms with van der Waals surface area (Å²) >= 11 is 0. The van der Waals surface area contributed by atoms with Crippen molar-refractivity contribution in [1.82, 2.24) is 14.5 Å². The molecule has 4 rings (SSSR count). The molecule has 29 heavy (non-hydrogen) atoms. The van der Waals surface area contributed by atoms with Gasteiger partial charge in [0.15, 0.2) is 11.5 Å². The highest BCUT2D eigenvalue weighted by Crippen LogP contribution is 2.25. The Morgan fingerprint density at radius 2 is 1.97 bits per heavy atom. The van der Waals surface area contributed by atoms with Crippen LogP contribution >= 0.6 is 0 Å². The number of fused-ring (bicyclic) bond motifs is 1. The standard InChI is InChI=1S/C23H30N4O2/c1-15-9-10-17(3)18(13-15)24-22(28)20-19-8-4-5-12-27(19)21(25-20)23(29)26-11-6-7-16(2)14-26/h9-10,13,16H,4-8,11-12,14H2,1-3H3,(H,24,28). The number of likely N-dealkylation sites (tertiary alicyclic amines) is 1. The Balaban J connectivity index is 1.65. The second-order valence-electron chi connectivity index (χ2n) is 8.61. The molecular weight excluding hydrogens is 364 g/mol. The third kappa shape index (κ3) is 3.93. The molecule has 0 aliphatic carbocycles. The average Bonchev–Trinajstić information content (AvgIpc) is 3.10. The van der Waals surface area contributed by atoms with Gasteiger partial charge in [-0.2, -0.15) is 0 Å². The Kier molecular flexibility index (Phi) is 5.43. The van der Waals surface area contributed by atoms with E-state index in [4.69, 9.17) is 0 Å². The van der Waals surface area contributed by atoms with Crippen molar-refractivity contribution in [2.75, 3.05) is 18.4 Å². The summed E-state index contributed by atoms with van der Waals surface area (Å²) in [6.45, 7) is 8.46. The lowest BCUT2D eigenvalue weighted by atomic mass is 10.0. The lowest BCUT2D eigenvalue weighted by Crippen LogP contribution is -2.40. The fourth-order valence-electron chi connectivity index (χ4n) is 4.46. The van der Waals surface area contributed by atoms with Crippen molar-refractivity contribution in [2.24, 2.45) is 5.92 Å². The zero-order chi connectivity index (χ0) is 20.5. The molecule has 6 nitrogen and oxygen atoms in total. The number of piperidine rings is 1. The maximum absolute atomic E-state index is 13.2. The Bertz CT molecular complexity index is 947. The van der Waals surface area contributed by atoms with E-state index in [1.165, 1.54) is 0 Å². The Hall–Kier alpha value is -2.63. The molecule has 2 aliphatic heterocycles. The highest BCUT2D eigenvalue weighted by Gasteiger charge is 2.31. The van der Waals surface area contributed by atoms with Gasteiger partial charge in [0.2, 0.25) is 0 Å². The average molecular weight is 395 g/mol. The van der Waals surface area contributed by atoms with Crippen molar-refractivity contribution in [2.45, 2.75) is 59.4 Å². The van der Waals surface area contributed by atoms with Crippen LogP contribution in [0.25, 0.3) is 0 Å². The summed E-state index contributed by atoms with van der Waals surface area (Å²) in [5.74, 6) is 0.677. The normalized spacial score (nSPS) is 19.0. The van der Waals surface area contributed by atoms with Crippen molar-refractivity contribution < 1.29 is 9.59 Å². The molecule has 2 amide bonds. The number of imidazole rings is 1. The van der Waals surface area contributed by atoms with Crippen LogP contribution in [0.5, 0.6) is 0 Å². The minimum atomic E-state index is -0.226. The van der Waals surface area contributed by atoms with Gasteiger partial charge >= 0.3 is 0 Å². The Morgan fingerprint density at radius 3 is 2.76 bits per heavy atom. The van der Waals surface area contributed by atoms with E-state index in [9.17, 15) is 9.59 Å². The second kappa shape index (κ2) is 8.01. The first-order valence-corrected chi connectivity index (χ1v) is 10.7. The minimum Gasteiger partial charge on any atom is -0.336 e. The van der Waals surface area contributed by atoms with Crippen LogP contribution in [-0.4, -0.2) is 39.4 Å². The number of aromatic nitrogens is 2. The number of hydrogen-bond donors (Lipinski definition) is 1. The summed E-state index contributed by atoms with van der Waals surface area (Å²) in [5, 5.41) is 3.02. The van der Waals surface area contributed by atoms with Crippen LogP contribution in [0.2, 0.25) is 0 Å². The molecular formula is C23H30N4O2. The van der Waals surface area contributed by atoms with Crippen molar-refractivity contribution in [1.29, 1.82) is 0 Å². The quantitative estimate of drug-likeness (QED) is 0.857. The van der Waals surface area contributed by atoms with Crippen molar-refractivity contribution in [3.05, 3.63) is 46.5 Å². The van der Waals surface area contributed by atoms with Crippen LogP contribution < -0.4 is 5.32 Å². The molecule has 0 bridgehead atoms. The molecule has 3 heterocycles. The van der Waals surface area contributed by atoms with E-state index >= 15 is 0 Å². The van der Waals surface area contributed by atoms with Crippen LogP contribution in [0, 0.1) is 19.8 Å². The molecule has 1 aromatic carbocycles. The predicted octanol–water partition coefficient (Wildman–Crippen LogP) is 3.96. The zero-order valence-electron chi connectivity index (χ0n) is 17.6. The Labute approximate surface area is 172 Å². The van der Waals surface area contributed by atoms with Gasteiger partial charge in [0, 0.05) is 25.3 Å². The van der Waals surface area contributed by atoms with Crippen molar-refractivity contribution >= 4 is 17.5 Å². The molecule has 6 heteroatoms. The number of amides is 2. The number of aryl methyl sites for hydroxylation is 2. The molecule has 1 aromatic heterocycles. The summed E-state index contributed by atoms with van der Waals surface area (Å²) in [7, 11) is 0. The van der Waals surface area contributed by atoms with Crippen LogP contribution in [0.3, 0.4) is 0 Å². The third-order valence-electron chi connectivity index (χ3n) is 6.11. The number of carbonyl (C=O) groups is 2. The number of nitrogens with zero attached hydrogens (tertiary/aromatic N) is 3. The molecule has 0 radical (unpaired) electrons. The summed E-state index contributed by atoms with van der Waals surface area (Å²) in [5.41, 5.74) is 4.19. The van der Waals surface area contributed by atoms with Crippen LogP contribution in [0.1, 0.15) is 70.5 Å². The molecule has 1 saturated heterocycles. The predicted molar refractivity (Wildman–Crippen MR) is 113 cm³/mol. The van der Waals surface area contributed by atoms with E-state index < -0.39 is 0 Å². The monoisotopic (exact) mass is 394 g/mol. The highest BCUT2D eigenvalue weighted by molar-refractivity contribution is 6.05. The van der Waals surface area contributed by atoms with Crippen molar-refractivity contribution in [3.63, 3.8) is 0 Å². The molecule has 154 valence electrons. The number of benzene rings is 1. The van der Waals surface area contributed by atoms with Gasteiger partial charge in [-0.15, -0.1) is 0 Å². The van der Waals surface area contributed by atoms with E-state index in [-0.39, 0.29) is 11.8 Å². The van der Waals surface area contributed by atoms with Gasteiger partial charge in [-0.25, -0.2) is 4.98 Å². The number of rotatable bonds is 3. The summed E-state index contributed by atoms with van der Waals surface area (Å²) in [4.78, 5) is 32.8. The Morgan fingerprint density at radius 1 is 1.14 bits per heavy atom. The minimum absolute atomic E-state index is 0.0366. The summed E-state index contributed by atoms with van der Waals surface area (Å²) in [6.07, 6.45) is 5.00. The smallest absolute Gasteiger partial charge is 0.289 e. The number of nitrogens with one attached hydrogen (secondary N) is 1. The van der Waals surface area contributed by atoms with Gasteiger partial charge < -0.3 is 14.8 Å². The van der Waals surface area contributed by atoms with Crippen LogP contribution in [0.4, 0.5) is 5.69 Å². The molecule has 2 aliphatic rings. The third-order valence-corrected chi connectivity index (χ3v) is 6.11. The first kappa shape index (κ1) is 19.7. The maximum atomic E-state index is 13.2. The summed E-state index contributed by atoms with van der Waals surface area (Å²) < 4.78 is 1.99. The molecule has 2 aromatic rings. The SMILES string of the molecule is Cc1ccc(C)c(NC(=O)c2nc(C(=O)N3CCCC(C)C3)n3c2CCCC3)c1. The van der Waals surface area contributed by atoms with Crippen molar-refractivity contribution in [3.8, 4) is 0 Å². The van der Waals surface area contributed by atoms with E-state index in [0.717, 1.165) is 74.2 Å². The van der Waals surface area contributed by atoms with Crippen LogP contribution in [0.15, 0.2) is 18.2 Å². The number of hydrogen-bond acceptors (Lipinski definition) is 3. The fraction of sp³-hybridized carbons (Fsp3) is 0.522. The highest BCUT2D eigenvalue weighted by atomic mass is 16.2. The van der Waals surface area contributed by atoms with E-state index in [1.54, 1.807) is 0 Å². The van der Waals surface area contributed by atoms with E-state index in [1.807, 2.05) is 41.5 Å². The molecule has 0 spiro atoms. The second-order valence-corrected chi connectivity index (χ2v) is 8.61.